The van der Waals surface area contributed by atoms with Gasteiger partial charge in [-0.2, -0.15) is 4.39 Å². The van der Waals surface area contributed by atoms with Gasteiger partial charge in [0.15, 0.2) is 0 Å². The summed E-state index contributed by atoms with van der Waals surface area (Å²) in [5.74, 6) is 0. The van der Waals surface area contributed by atoms with Gasteiger partial charge in [0.05, 0.1) is 26.4 Å². The van der Waals surface area contributed by atoms with Crippen molar-refractivity contribution in [2.75, 3.05) is 26.4 Å². The van der Waals surface area contributed by atoms with Gasteiger partial charge in [0, 0.05) is 0 Å². The molecule has 0 aliphatic carbocycles. The third kappa shape index (κ3) is 4.24. The monoisotopic (exact) mass is 339 g/mol. The second kappa shape index (κ2) is 8.08. The van der Waals surface area contributed by atoms with Crippen LogP contribution in [0.25, 0.3) is 0 Å². The molecule has 19 heavy (non-hydrogen) atoms. The van der Waals surface area contributed by atoms with Gasteiger partial charge in [-0.1, -0.05) is 11.6 Å². The minimum atomic E-state index is -4.52. The molecule has 6 nitrogen and oxygen atoms in total. The molecule has 0 saturated carbocycles. The van der Waals surface area contributed by atoms with Crippen LogP contribution in [0.1, 0.15) is 27.7 Å². The molecule has 0 radical (unpaired) electrons. The molecular formula is C9H20ClFO6P2. The van der Waals surface area contributed by atoms with Crippen LogP contribution in [0.4, 0.5) is 4.39 Å². The van der Waals surface area contributed by atoms with Gasteiger partial charge in [0.2, 0.25) is 0 Å². The molecule has 0 spiro atoms. The van der Waals surface area contributed by atoms with Crippen molar-refractivity contribution < 1.29 is 31.6 Å². The summed E-state index contributed by atoms with van der Waals surface area (Å²) in [5, 5.41) is 0. The zero-order chi connectivity index (χ0) is 15.2. The smallest absolute Gasteiger partial charge is 0.305 e. The number of alkyl halides is 2. The Balaban J connectivity index is 5.59. The molecule has 0 aromatic carbocycles. The molecule has 0 aliphatic heterocycles. The van der Waals surface area contributed by atoms with Crippen LogP contribution in [0.15, 0.2) is 0 Å². The normalized spacial score (nSPS) is 13.8. The SMILES string of the molecule is CCOP(=O)(OCC)C([18F])(Cl)P(=O)(OCC)OCC. The van der Waals surface area contributed by atoms with E-state index in [0.29, 0.717) is 0 Å². The summed E-state index contributed by atoms with van der Waals surface area (Å²) < 4.78 is 55.1. The molecule has 0 amide bonds. The fraction of sp³-hybridized carbons (Fsp3) is 1.00. The minimum Gasteiger partial charge on any atom is -0.305 e. The summed E-state index contributed by atoms with van der Waals surface area (Å²) in [4.78, 5) is 0. The molecule has 0 aromatic heterocycles. The number of halogens is 2. The van der Waals surface area contributed by atoms with Crippen LogP contribution in [0.3, 0.4) is 0 Å². The molecule has 0 atom stereocenters. The van der Waals surface area contributed by atoms with Crippen molar-refractivity contribution in [3.8, 4) is 0 Å². The Labute approximate surface area is 118 Å². The second-order valence-electron chi connectivity index (χ2n) is 3.18. The lowest BCUT2D eigenvalue weighted by Crippen LogP contribution is -2.22. The fourth-order valence-electron chi connectivity index (χ4n) is 1.22. The van der Waals surface area contributed by atoms with Crippen molar-refractivity contribution in [3.05, 3.63) is 0 Å². The van der Waals surface area contributed by atoms with Crippen molar-refractivity contribution in [2.24, 2.45) is 0 Å². The lowest BCUT2D eigenvalue weighted by Gasteiger charge is -2.31. The summed E-state index contributed by atoms with van der Waals surface area (Å²) in [5.41, 5.74) is 0. The van der Waals surface area contributed by atoms with E-state index in [2.05, 4.69) is 0 Å². The van der Waals surface area contributed by atoms with Gasteiger partial charge in [-0.15, -0.1) is 0 Å². The predicted octanol–water partition coefficient (Wildman–Crippen LogP) is 4.34. The highest BCUT2D eigenvalue weighted by Crippen LogP contribution is 2.80. The van der Waals surface area contributed by atoms with E-state index in [1.165, 1.54) is 27.7 Å². The van der Waals surface area contributed by atoms with Crippen LogP contribution in [-0.2, 0) is 27.2 Å². The van der Waals surface area contributed by atoms with Crippen molar-refractivity contribution in [3.63, 3.8) is 0 Å². The van der Waals surface area contributed by atoms with Crippen LogP contribution in [0.2, 0.25) is 0 Å². The van der Waals surface area contributed by atoms with E-state index in [4.69, 9.17) is 29.7 Å². The van der Waals surface area contributed by atoms with E-state index in [1.807, 2.05) is 0 Å². The van der Waals surface area contributed by atoms with Gasteiger partial charge in [0.1, 0.15) is 0 Å². The highest BCUT2D eigenvalue weighted by atomic mass is 35.5. The quantitative estimate of drug-likeness (QED) is 0.435. The highest BCUT2D eigenvalue weighted by Gasteiger charge is 2.66. The van der Waals surface area contributed by atoms with Gasteiger partial charge >= 0.3 is 19.8 Å². The average molecular weight is 340 g/mol. The maximum atomic E-state index is 14.7. The highest BCUT2D eigenvalue weighted by molar-refractivity contribution is 7.76. The molecule has 10 heteroatoms. The zero-order valence-corrected chi connectivity index (χ0v) is 14.0. The predicted molar refractivity (Wildman–Crippen MR) is 71.4 cm³/mol. The Morgan fingerprint density at radius 1 is 0.842 bits per heavy atom. The molecule has 0 fully saturated rings. The first-order chi connectivity index (χ1) is 8.74. The Hall–Kier alpha value is 0.520. The molecule has 0 saturated heterocycles. The molecule has 0 N–H and O–H groups in total. The number of hydrogen-bond acceptors (Lipinski definition) is 6. The lowest BCUT2D eigenvalue weighted by molar-refractivity contribution is 0.162. The molecule has 116 valence electrons. The van der Waals surface area contributed by atoms with Gasteiger partial charge in [-0.05, 0) is 27.7 Å². The van der Waals surface area contributed by atoms with Crippen molar-refractivity contribution in [1.29, 1.82) is 0 Å². The Kier molecular flexibility index (Phi) is 8.30. The Morgan fingerprint density at radius 3 is 1.21 bits per heavy atom. The summed E-state index contributed by atoms with van der Waals surface area (Å²) in [6.45, 7) is 5.38. The first-order valence-corrected chi connectivity index (χ1v) is 9.37. The van der Waals surface area contributed by atoms with Crippen molar-refractivity contribution in [1.82, 2.24) is 0 Å². The van der Waals surface area contributed by atoms with Crippen LogP contribution in [0.5, 0.6) is 0 Å². The summed E-state index contributed by atoms with van der Waals surface area (Å²) in [6.07, 6.45) is 0. The lowest BCUT2D eigenvalue weighted by atomic mass is 10.9. The molecule has 0 unspecified atom stereocenters. The Morgan fingerprint density at radius 2 is 1.05 bits per heavy atom. The number of rotatable bonds is 10. The average Bonchev–Trinajstić information content (AvgIpc) is 2.29. The van der Waals surface area contributed by atoms with Crippen LogP contribution >= 0.6 is 26.8 Å². The van der Waals surface area contributed by atoms with Gasteiger partial charge in [-0.3, -0.25) is 9.13 Å². The molecule has 0 heterocycles. The van der Waals surface area contributed by atoms with E-state index >= 15 is 0 Å². The van der Waals surface area contributed by atoms with Gasteiger partial charge < -0.3 is 18.1 Å². The maximum Gasteiger partial charge on any atom is 0.395 e. The fourth-order valence-corrected chi connectivity index (χ4v) is 5.82. The third-order valence-corrected chi connectivity index (χ3v) is 8.28. The van der Waals surface area contributed by atoms with Gasteiger partial charge in [-0.25, -0.2) is 0 Å². The van der Waals surface area contributed by atoms with Crippen LogP contribution in [-0.4, -0.2) is 31.0 Å². The first-order valence-electron chi connectivity index (χ1n) is 5.90. The summed E-state index contributed by atoms with van der Waals surface area (Å²) >= 11 is 5.57. The van der Waals surface area contributed by atoms with E-state index in [1.54, 1.807) is 0 Å². The summed E-state index contributed by atoms with van der Waals surface area (Å²) in [7, 11) is -9.04. The van der Waals surface area contributed by atoms with E-state index < -0.39 is 19.8 Å². The van der Waals surface area contributed by atoms with Crippen molar-refractivity contribution in [2.45, 2.75) is 32.3 Å². The Bertz CT molecular complexity index is 313. The third-order valence-electron chi connectivity index (χ3n) is 1.86. The van der Waals surface area contributed by atoms with Crippen molar-refractivity contribution >= 4 is 26.8 Å². The zero-order valence-electron chi connectivity index (χ0n) is 11.4. The second-order valence-corrected chi connectivity index (χ2v) is 8.83. The molecule has 0 bridgehead atoms. The van der Waals surface area contributed by atoms with E-state index in [-0.39, 0.29) is 26.4 Å². The van der Waals surface area contributed by atoms with E-state index in [0.717, 1.165) is 0 Å². The first kappa shape index (κ1) is 19.5. The standard InChI is InChI=1S/C9H20ClFO6P2/c1-5-14-18(12,15-6-2)9(10,11)19(13,16-7-3)17-8-4/h5-8H2,1-4H3/i11-1. The number of hydrogen-bond donors (Lipinski definition) is 0. The maximum absolute atomic E-state index is 14.7. The molecule has 0 aliphatic rings. The van der Waals surface area contributed by atoms with Gasteiger partial charge in [0.25, 0.3) is 0 Å². The molecule has 0 aromatic rings. The minimum absolute atomic E-state index is 0.131. The molecular weight excluding hydrogens is 319 g/mol. The van der Waals surface area contributed by atoms with Crippen LogP contribution in [0, 0.1) is 0 Å². The molecule has 0 rings (SSSR count). The van der Waals surface area contributed by atoms with Crippen LogP contribution < -0.4 is 0 Å². The van der Waals surface area contributed by atoms with E-state index in [9.17, 15) is 13.5 Å². The topological polar surface area (TPSA) is 71.1 Å². The largest absolute Gasteiger partial charge is 0.395 e. The summed E-state index contributed by atoms with van der Waals surface area (Å²) in [6, 6.07) is 0.